The summed E-state index contributed by atoms with van der Waals surface area (Å²) < 4.78 is 38.8. The first kappa shape index (κ1) is 24.8. The largest absolute Gasteiger partial charge is 0.496 e. The molecule has 1 atom stereocenters. The molecular formula is C27H30N2O5S. The molecule has 4 rings (SSSR count). The van der Waals surface area contributed by atoms with Gasteiger partial charge in [0.2, 0.25) is 15.9 Å². The second kappa shape index (κ2) is 10.9. The minimum absolute atomic E-state index is 0.150. The summed E-state index contributed by atoms with van der Waals surface area (Å²) >= 11 is 0. The van der Waals surface area contributed by atoms with Crippen LogP contribution in [0.25, 0.3) is 0 Å². The summed E-state index contributed by atoms with van der Waals surface area (Å²) in [5.41, 5.74) is 2.47. The summed E-state index contributed by atoms with van der Waals surface area (Å²) in [6, 6.07) is 21.9. The zero-order valence-electron chi connectivity index (χ0n) is 19.9. The van der Waals surface area contributed by atoms with Gasteiger partial charge in [-0.2, -0.15) is 4.31 Å². The molecule has 1 aliphatic heterocycles. The maximum atomic E-state index is 13.2. The van der Waals surface area contributed by atoms with Crippen molar-refractivity contribution in [1.29, 1.82) is 0 Å². The Morgan fingerprint density at radius 3 is 2.49 bits per heavy atom. The summed E-state index contributed by atoms with van der Waals surface area (Å²) in [4.78, 5) is 13.1. The third-order valence-corrected chi connectivity index (χ3v) is 7.99. The van der Waals surface area contributed by atoms with Gasteiger partial charge < -0.3 is 14.8 Å². The van der Waals surface area contributed by atoms with E-state index in [2.05, 4.69) is 5.32 Å². The molecule has 1 aliphatic rings. The first-order chi connectivity index (χ1) is 16.9. The Labute approximate surface area is 206 Å². The highest BCUT2D eigenvalue weighted by Crippen LogP contribution is 2.28. The van der Waals surface area contributed by atoms with Crippen molar-refractivity contribution < 1.29 is 22.7 Å². The smallest absolute Gasteiger partial charge is 0.243 e. The maximum Gasteiger partial charge on any atom is 0.243 e. The molecule has 0 unspecified atom stereocenters. The topological polar surface area (TPSA) is 84.9 Å². The van der Waals surface area contributed by atoms with Crippen LogP contribution in [-0.4, -0.2) is 38.8 Å². The van der Waals surface area contributed by atoms with Crippen molar-refractivity contribution in [2.45, 2.75) is 31.3 Å². The minimum atomic E-state index is -3.70. The second-order valence-electron chi connectivity index (χ2n) is 8.62. The van der Waals surface area contributed by atoms with Crippen LogP contribution in [0.5, 0.6) is 11.5 Å². The quantitative estimate of drug-likeness (QED) is 0.494. The molecule has 3 aromatic carbocycles. The number of carbonyl (C=O) groups is 1. The normalized spacial score (nSPS) is 16.5. The molecule has 0 saturated carbocycles. The van der Waals surface area contributed by atoms with Crippen LogP contribution in [0.4, 0.5) is 5.69 Å². The van der Waals surface area contributed by atoms with Gasteiger partial charge in [-0.05, 0) is 73.4 Å². The van der Waals surface area contributed by atoms with Crippen LogP contribution in [-0.2, 0) is 21.4 Å². The van der Waals surface area contributed by atoms with E-state index in [1.807, 2.05) is 49.4 Å². The molecule has 0 bridgehead atoms. The Hall–Kier alpha value is -3.36. The van der Waals surface area contributed by atoms with Crippen molar-refractivity contribution in [2.24, 2.45) is 5.92 Å². The molecule has 1 fully saturated rings. The predicted molar refractivity (Wildman–Crippen MR) is 135 cm³/mol. The number of sulfonamides is 1. The third-order valence-electron chi connectivity index (χ3n) is 6.13. The molecule has 1 amide bonds. The van der Waals surface area contributed by atoms with E-state index in [4.69, 9.17) is 9.47 Å². The number of hydrogen-bond donors (Lipinski definition) is 1. The van der Waals surface area contributed by atoms with Gasteiger partial charge in [0.1, 0.15) is 18.1 Å². The number of amides is 1. The van der Waals surface area contributed by atoms with Gasteiger partial charge in [-0.1, -0.05) is 30.3 Å². The van der Waals surface area contributed by atoms with Crippen LogP contribution < -0.4 is 14.8 Å². The Morgan fingerprint density at radius 2 is 1.80 bits per heavy atom. The van der Waals surface area contributed by atoms with Crippen LogP contribution in [0.3, 0.4) is 0 Å². The number of rotatable bonds is 8. The number of anilines is 1. The molecular weight excluding hydrogens is 464 g/mol. The summed E-state index contributed by atoms with van der Waals surface area (Å²) in [7, 11) is -2.15. The van der Waals surface area contributed by atoms with Gasteiger partial charge in [0.05, 0.1) is 17.9 Å². The Morgan fingerprint density at radius 1 is 1.06 bits per heavy atom. The van der Waals surface area contributed by atoms with Gasteiger partial charge in [0.15, 0.2) is 0 Å². The SMILES string of the molecule is COc1ccc(S(=O)(=O)N2CCC[C@@H](C(=O)Nc3ccc(OCc4ccccc4)cc3)C2)cc1C. The molecule has 1 heterocycles. The van der Waals surface area contributed by atoms with Gasteiger partial charge in [-0.15, -0.1) is 0 Å². The van der Waals surface area contributed by atoms with Crippen molar-refractivity contribution >= 4 is 21.6 Å². The molecule has 1 saturated heterocycles. The fourth-order valence-corrected chi connectivity index (χ4v) is 5.76. The van der Waals surface area contributed by atoms with Crippen LogP contribution in [0, 0.1) is 12.8 Å². The highest BCUT2D eigenvalue weighted by Gasteiger charge is 2.33. The lowest BCUT2D eigenvalue weighted by atomic mass is 9.99. The summed E-state index contributed by atoms with van der Waals surface area (Å²) in [5, 5.41) is 2.92. The van der Waals surface area contributed by atoms with Gasteiger partial charge in [0.25, 0.3) is 0 Å². The lowest BCUT2D eigenvalue weighted by Crippen LogP contribution is -2.43. The van der Waals surface area contributed by atoms with Crippen molar-refractivity contribution in [3.63, 3.8) is 0 Å². The van der Waals surface area contributed by atoms with E-state index in [1.54, 1.807) is 37.4 Å². The van der Waals surface area contributed by atoms with Crippen molar-refractivity contribution in [3.05, 3.63) is 83.9 Å². The van der Waals surface area contributed by atoms with Crippen LogP contribution in [0.2, 0.25) is 0 Å². The van der Waals surface area contributed by atoms with E-state index >= 15 is 0 Å². The van der Waals surface area contributed by atoms with E-state index in [1.165, 1.54) is 4.31 Å². The average Bonchev–Trinajstić information content (AvgIpc) is 2.89. The van der Waals surface area contributed by atoms with E-state index in [-0.39, 0.29) is 17.3 Å². The fourth-order valence-electron chi connectivity index (χ4n) is 4.15. The first-order valence-corrected chi connectivity index (χ1v) is 13.0. The molecule has 7 nitrogen and oxygen atoms in total. The summed E-state index contributed by atoms with van der Waals surface area (Å²) in [5.74, 6) is 0.730. The Bertz CT molecular complexity index is 1260. The van der Waals surface area contributed by atoms with E-state index in [0.29, 0.717) is 43.2 Å². The first-order valence-electron chi connectivity index (χ1n) is 11.6. The standard InChI is InChI=1S/C27H30N2O5S/c1-20-17-25(14-15-26(20)33-2)35(31,32)29-16-6-9-22(18-29)27(30)28-23-10-12-24(13-11-23)34-19-21-7-4-3-5-8-21/h3-5,7-8,10-15,17,22H,6,9,16,18-19H2,1-2H3,(H,28,30)/t22-/m1/s1. The van der Waals surface area contributed by atoms with Crippen molar-refractivity contribution in [3.8, 4) is 11.5 Å². The lowest BCUT2D eigenvalue weighted by Gasteiger charge is -2.31. The predicted octanol–water partition coefficient (Wildman–Crippen LogP) is 4.62. The van der Waals surface area contributed by atoms with Crippen molar-refractivity contribution in [2.75, 3.05) is 25.5 Å². The second-order valence-corrected chi connectivity index (χ2v) is 10.6. The van der Waals surface area contributed by atoms with Crippen molar-refractivity contribution in [1.82, 2.24) is 4.31 Å². The number of piperidine rings is 1. The number of carbonyl (C=O) groups excluding carboxylic acids is 1. The number of methoxy groups -OCH3 is 1. The summed E-state index contributed by atoms with van der Waals surface area (Å²) in [6.45, 7) is 2.82. The van der Waals surface area contributed by atoms with E-state index in [0.717, 1.165) is 11.1 Å². The minimum Gasteiger partial charge on any atom is -0.496 e. The number of aryl methyl sites for hydroxylation is 1. The van der Waals surface area contributed by atoms with Gasteiger partial charge >= 0.3 is 0 Å². The third kappa shape index (κ3) is 6.01. The van der Waals surface area contributed by atoms with Gasteiger partial charge in [-0.3, -0.25) is 4.79 Å². The van der Waals surface area contributed by atoms with Gasteiger partial charge in [0, 0.05) is 18.8 Å². The Balaban J connectivity index is 1.36. The molecule has 0 spiro atoms. The van der Waals surface area contributed by atoms with E-state index in [9.17, 15) is 13.2 Å². The number of nitrogens with zero attached hydrogens (tertiary/aromatic N) is 1. The average molecular weight is 495 g/mol. The van der Waals surface area contributed by atoms with Gasteiger partial charge in [-0.25, -0.2) is 8.42 Å². The fraction of sp³-hybridized carbons (Fsp3) is 0.296. The molecule has 0 aromatic heterocycles. The lowest BCUT2D eigenvalue weighted by molar-refractivity contribution is -0.120. The monoisotopic (exact) mass is 494 g/mol. The maximum absolute atomic E-state index is 13.2. The van der Waals surface area contributed by atoms with Crippen LogP contribution >= 0.6 is 0 Å². The molecule has 35 heavy (non-hydrogen) atoms. The highest BCUT2D eigenvalue weighted by molar-refractivity contribution is 7.89. The van der Waals surface area contributed by atoms with Crippen LogP contribution in [0.1, 0.15) is 24.0 Å². The molecule has 0 radical (unpaired) electrons. The summed E-state index contributed by atoms with van der Waals surface area (Å²) in [6.07, 6.45) is 1.26. The highest BCUT2D eigenvalue weighted by atomic mass is 32.2. The Kier molecular flexibility index (Phi) is 7.73. The number of nitrogens with one attached hydrogen (secondary N) is 1. The molecule has 184 valence electrons. The molecule has 1 N–H and O–H groups in total. The zero-order valence-corrected chi connectivity index (χ0v) is 20.8. The molecule has 8 heteroatoms. The number of hydrogen-bond acceptors (Lipinski definition) is 5. The number of ether oxygens (including phenoxy) is 2. The van der Waals surface area contributed by atoms with E-state index < -0.39 is 15.9 Å². The molecule has 3 aromatic rings. The number of benzene rings is 3. The molecule has 0 aliphatic carbocycles. The zero-order chi connectivity index (χ0) is 24.8. The van der Waals surface area contributed by atoms with Crippen LogP contribution in [0.15, 0.2) is 77.7 Å².